The van der Waals surface area contributed by atoms with Crippen LogP contribution in [0.4, 0.5) is 18.9 Å². The van der Waals surface area contributed by atoms with Gasteiger partial charge in [-0.05, 0) is 60.7 Å². The third kappa shape index (κ3) is 3.93. The summed E-state index contributed by atoms with van der Waals surface area (Å²) < 4.78 is 44.3. The van der Waals surface area contributed by atoms with Crippen LogP contribution in [0.3, 0.4) is 0 Å². The Morgan fingerprint density at radius 2 is 1.88 bits per heavy atom. The van der Waals surface area contributed by atoms with Gasteiger partial charge in [-0.15, -0.1) is 0 Å². The number of H-pyrrole nitrogens is 2. The maximum atomic E-state index is 12.7. The highest BCUT2D eigenvalue weighted by Gasteiger charge is 2.34. The molecule has 1 aliphatic rings. The molecule has 2 aromatic heterocycles. The topological polar surface area (TPSA) is 82.8 Å². The summed E-state index contributed by atoms with van der Waals surface area (Å²) in [5.74, 6) is 0.556. The van der Waals surface area contributed by atoms with E-state index in [0.717, 1.165) is 41.4 Å². The van der Waals surface area contributed by atoms with E-state index in [-0.39, 0.29) is 17.9 Å². The molecule has 4 aromatic rings. The lowest BCUT2D eigenvalue weighted by atomic mass is 9.77. The van der Waals surface area contributed by atoms with Crippen LogP contribution in [0.2, 0.25) is 0 Å². The number of carbonyl (C=O) groups excluding carboxylic acids is 1. The zero-order chi connectivity index (χ0) is 22.3. The van der Waals surface area contributed by atoms with Gasteiger partial charge in [0.05, 0.1) is 17.4 Å². The van der Waals surface area contributed by atoms with Crippen molar-refractivity contribution in [3.05, 3.63) is 77.7 Å². The van der Waals surface area contributed by atoms with Crippen LogP contribution in [-0.4, -0.2) is 27.2 Å². The number of halogens is 3. The molecule has 2 heterocycles. The number of alkyl halides is 3. The van der Waals surface area contributed by atoms with Crippen LogP contribution in [0.1, 0.15) is 40.4 Å². The molecule has 6 nitrogen and oxygen atoms in total. The number of hydrogen-bond donors (Lipinski definition) is 3. The second-order valence-corrected chi connectivity index (χ2v) is 7.86. The summed E-state index contributed by atoms with van der Waals surface area (Å²) in [6, 6.07) is 12.5. The Morgan fingerprint density at radius 1 is 1.09 bits per heavy atom. The van der Waals surface area contributed by atoms with E-state index >= 15 is 0 Å². The molecule has 0 spiro atoms. The van der Waals surface area contributed by atoms with Gasteiger partial charge in [0.25, 0.3) is 5.91 Å². The van der Waals surface area contributed by atoms with Gasteiger partial charge in [0.1, 0.15) is 11.4 Å². The van der Waals surface area contributed by atoms with E-state index in [0.29, 0.717) is 17.1 Å². The smallest absolute Gasteiger partial charge is 0.416 e. The summed E-state index contributed by atoms with van der Waals surface area (Å²) in [5, 5.41) is 10.1. The molecule has 0 atom stereocenters. The predicted molar refractivity (Wildman–Crippen MR) is 113 cm³/mol. The Balaban J connectivity index is 1.23. The summed E-state index contributed by atoms with van der Waals surface area (Å²) in [7, 11) is 0. The zero-order valence-electron chi connectivity index (χ0n) is 16.7. The van der Waals surface area contributed by atoms with Gasteiger partial charge in [0.15, 0.2) is 0 Å². The molecule has 9 heteroatoms. The van der Waals surface area contributed by atoms with Crippen molar-refractivity contribution < 1.29 is 22.7 Å². The minimum Gasteiger partial charge on any atom is -0.490 e. The Bertz CT molecular complexity index is 1240. The first-order valence-electron chi connectivity index (χ1n) is 10.1. The second-order valence-electron chi connectivity index (χ2n) is 7.86. The molecule has 1 amide bonds. The number of hydrogen-bond acceptors (Lipinski definition) is 3. The minimum absolute atomic E-state index is 0.0123. The van der Waals surface area contributed by atoms with Crippen molar-refractivity contribution in [2.75, 3.05) is 5.32 Å². The molecule has 164 valence electrons. The molecular weight excluding hydrogens is 421 g/mol. The lowest BCUT2D eigenvalue weighted by molar-refractivity contribution is -0.137. The van der Waals surface area contributed by atoms with Gasteiger partial charge in [-0.1, -0.05) is 12.1 Å². The third-order valence-corrected chi connectivity index (χ3v) is 5.75. The Morgan fingerprint density at radius 3 is 2.56 bits per heavy atom. The van der Waals surface area contributed by atoms with Gasteiger partial charge in [0.2, 0.25) is 0 Å². The summed E-state index contributed by atoms with van der Waals surface area (Å²) >= 11 is 0. The first-order valence-corrected chi connectivity index (χ1v) is 10.1. The maximum Gasteiger partial charge on any atom is 0.416 e. The fraction of sp³-hybridized carbons (Fsp3) is 0.217. The van der Waals surface area contributed by atoms with E-state index in [1.54, 1.807) is 24.4 Å². The molecule has 1 fully saturated rings. The number of rotatable bonds is 5. The largest absolute Gasteiger partial charge is 0.490 e. The quantitative estimate of drug-likeness (QED) is 0.384. The van der Waals surface area contributed by atoms with Gasteiger partial charge in [-0.25, -0.2) is 0 Å². The van der Waals surface area contributed by atoms with Crippen molar-refractivity contribution in [1.82, 2.24) is 15.2 Å². The normalized spacial score (nSPS) is 18.3. The number of aromatic nitrogens is 3. The summed E-state index contributed by atoms with van der Waals surface area (Å²) in [6.45, 7) is 0. The SMILES string of the molecule is O=C(Nc1c[nH]c2ccc(OC3CC(c4ccc(C(F)(F)F)cc4)C3)cc12)c1ccn[nH]1. The van der Waals surface area contributed by atoms with Crippen LogP contribution in [0, 0.1) is 0 Å². The van der Waals surface area contributed by atoms with Crippen LogP contribution in [-0.2, 0) is 6.18 Å². The number of benzene rings is 2. The number of nitrogens with zero attached hydrogens (tertiary/aromatic N) is 1. The predicted octanol–water partition coefficient (Wildman–Crippen LogP) is 5.49. The van der Waals surface area contributed by atoms with E-state index in [9.17, 15) is 18.0 Å². The zero-order valence-corrected chi connectivity index (χ0v) is 16.7. The molecule has 3 N–H and O–H groups in total. The van der Waals surface area contributed by atoms with Crippen LogP contribution >= 0.6 is 0 Å². The highest BCUT2D eigenvalue weighted by atomic mass is 19.4. The molecule has 0 aliphatic heterocycles. The summed E-state index contributed by atoms with van der Waals surface area (Å²) in [4.78, 5) is 15.4. The molecule has 1 aliphatic carbocycles. The Hall–Kier alpha value is -3.75. The molecule has 2 aromatic carbocycles. The molecule has 0 saturated heterocycles. The summed E-state index contributed by atoms with van der Waals surface area (Å²) in [5.41, 5.74) is 2.09. The monoisotopic (exact) mass is 440 g/mol. The highest BCUT2D eigenvalue weighted by Crippen LogP contribution is 2.41. The van der Waals surface area contributed by atoms with E-state index in [1.807, 2.05) is 18.2 Å². The average Bonchev–Trinajstić information content (AvgIpc) is 3.40. The Kier molecular flexibility index (Phi) is 4.88. The third-order valence-electron chi connectivity index (χ3n) is 5.75. The van der Waals surface area contributed by atoms with Crippen LogP contribution in [0.15, 0.2) is 60.9 Å². The number of fused-ring (bicyclic) bond motifs is 1. The van der Waals surface area contributed by atoms with Gasteiger partial charge in [-0.3, -0.25) is 9.89 Å². The number of ether oxygens (including phenoxy) is 1. The fourth-order valence-electron chi connectivity index (χ4n) is 3.92. The van der Waals surface area contributed by atoms with Crippen LogP contribution < -0.4 is 10.1 Å². The number of amides is 1. The fourth-order valence-corrected chi connectivity index (χ4v) is 3.92. The van der Waals surface area contributed by atoms with E-state index in [2.05, 4.69) is 20.5 Å². The molecule has 0 radical (unpaired) electrons. The van der Waals surface area contributed by atoms with Crippen molar-refractivity contribution in [2.24, 2.45) is 0 Å². The van der Waals surface area contributed by atoms with Crippen LogP contribution in [0.25, 0.3) is 10.9 Å². The molecule has 32 heavy (non-hydrogen) atoms. The van der Waals surface area contributed by atoms with Gasteiger partial charge in [0, 0.05) is 23.3 Å². The molecule has 0 bridgehead atoms. The van der Waals surface area contributed by atoms with Gasteiger partial charge >= 0.3 is 6.18 Å². The number of aromatic amines is 2. The minimum atomic E-state index is -4.32. The molecular formula is C23H19F3N4O2. The van der Waals surface area contributed by atoms with Crippen molar-refractivity contribution in [3.8, 4) is 5.75 Å². The second kappa shape index (κ2) is 7.74. The summed E-state index contributed by atoms with van der Waals surface area (Å²) in [6.07, 6.45) is 0.359. The average molecular weight is 440 g/mol. The van der Waals surface area contributed by atoms with Crippen molar-refractivity contribution in [2.45, 2.75) is 31.0 Å². The molecule has 0 unspecified atom stereocenters. The number of anilines is 1. The lowest BCUT2D eigenvalue weighted by Gasteiger charge is -2.35. The maximum absolute atomic E-state index is 12.7. The van der Waals surface area contributed by atoms with Crippen molar-refractivity contribution >= 4 is 22.5 Å². The Labute approximate surface area is 180 Å². The van der Waals surface area contributed by atoms with E-state index in [4.69, 9.17) is 4.74 Å². The standard InChI is InChI=1S/C23H19F3N4O2/c24-23(25,26)15-3-1-13(2-4-15)14-9-17(10-14)32-16-5-6-19-18(11-16)21(12-27-19)29-22(31)20-7-8-28-30-20/h1-8,11-12,14,17,27H,9-10H2,(H,28,30)(H,29,31). The van der Waals surface area contributed by atoms with Crippen molar-refractivity contribution in [1.29, 1.82) is 0 Å². The van der Waals surface area contributed by atoms with E-state index < -0.39 is 11.7 Å². The highest BCUT2D eigenvalue weighted by molar-refractivity contribution is 6.08. The first kappa shape index (κ1) is 20.2. The van der Waals surface area contributed by atoms with E-state index in [1.165, 1.54) is 6.20 Å². The number of carbonyl (C=O) groups is 1. The van der Waals surface area contributed by atoms with Gasteiger partial charge < -0.3 is 15.0 Å². The number of nitrogens with one attached hydrogen (secondary N) is 3. The van der Waals surface area contributed by atoms with Crippen molar-refractivity contribution in [3.63, 3.8) is 0 Å². The molecule has 5 rings (SSSR count). The lowest BCUT2D eigenvalue weighted by Crippen LogP contribution is -2.32. The molecule has 1 saturated carbocycles. The van der Waals surface area contributed by atoms with Gasteiger partial charge in [-0.2, -0.15) is 18.3 Å². The van der Waals surface area contributed by atoms with Crippen LogP contribution in [0.5, 0.6) is 5.75 Å². The first-order chi connectivity index (χ1) is 15.4.